The topological polar surface area (TPSA) is 113 Å². The molecule has 0 aromatic carbocycles. The van der Waals surface area contributed by atoms with E-state index in [1.54, 1.807) is 12.2 Å². The van der Waals surface area contributed by atoms with Gasteiger partial charge >= 0.3 is 17.9 Å². The molecule has 7 atom stereocenters. The number of allylic oxidation sites excluding steroid dienone is 4. The van der Waals surface area contributed by atoms with Crippen LogP contribution in [0.25, 0.3) is 0 Å². The number of carbonyl (C=O) groups is 5. The highest BCUT2D eigenvalue weighted by Crippen LogP contribution is 2.68. The van der Waals surface area contributed by atoms with Crippen LogP contribution in [0.15, 0.2) is 23.8 Å². The fourth-order valence-corrected chi connectivity index (χ4v) is 7.81. The molecule has 3 fully saturated rings. The molecule has 3 saturated carbocycles. The van der Waals surface area contributed by atoms with Crippen molar-refractivity contribution in [2.75, 3.05) is 6.61 Å². The van der Waals surface area contributed by atoms with E-state index in [1.165, 1.54) is 20.8 Å². The van der Waals surface area contributed by atoms with Gasteiger partial charge < -0.3 is 14.2 Å². The van der Waals surface area contributed by atoms with E-state index >= 15 is 0 Å². The smallest absolute Gasteiger partial charge is 0.303 e. The van der Waals surface area contributed by atoms with Gasteiger partial charge in [-0.2, -0.15) is 0 Å². The van der Waals surface area contributed by atoms with Gasteiger partial charge in [-0.05, 0) is 56.1 Å². The molecule has 0 spiro atoms. The van der Waals surface area contributed by atoms with Gasteiger partial charge in [0.25, 0.3) is 0 Å². The first kappa shape index (κ1) is 25.3. The lowest BCUT2D eigenvalue weighted by atomic mass is 9.46. The molecule has 0 saturated heterocycles. The summed E-state index contributed by atoms with van der Waals surface area (Å²) in [7, 11) is 0. The lowest BCUT2D eigenvalue weighted by Gasteiger charge is -2.60. The predicted octanol–water partition coefficient (Wildman–Crippen LogP) is 3.27. The van der Waals surface area contributed by atoms with Gasteiger partial charge in [0.1, 0.15) is 6.10 Å². The van der Waals surface area contributed by atoms with Crippen molar-refractivity contribution in [3.63, 3.8) is 0 Å². The summed E-state index contributed by atoms with van der Waals surface area (Å²) in [5.41, 5.74) is -1.70. The number of ketones is 2. The maximum absolute atomic E-state index is 13.6. The van der Waals surface area contributed by atoms with Crippen molar-refractivity contribution in [1.29, 1.82) is 0 Å². The first-order valence-corrected chi connectivity index (χ1v) is 12.3. The van der Waals surface area contributed by atoms with Crippen LogP contribution in [0.5, 0.6) is 0 Å². The van der Waals surface area contributed by atoms with Crippen LogP contribution in [0.2, 0.25) is 0 Å². The number of rotatable bonds is 5. The lowest BCUT2D eigenvalue weighted by Crippen LogP contribution is -2.63. The van der Waals surface area contributed by atoms with E-state index in [2.05, 4.69) is 6.92 Å². The highest BCUT2D eigenvalue weighted by atomic mass is 16.6. The molecular weight excluding hydrogens is 452 g/mol. The van der Waals surface area contributed by atoms with E-state index in [0.717, 1.165) is 18.4 Å². The highest BCUT2D eigenvalue weighted by molar-refractivity contribution is 6.01. The molecule has 8 heteroatoms. The second-order valence-electron chi connectivity index (χ2n) is 11.0. The maximum atomic E-state index is 13.6. The number of hydrogen-bond acceptors (Lipinski definition) is 8. The first-order chi connectivity index (χ1) is 16.3. The maximum Gasteiger partial charge on any atom is 0.303 e. The number of Topliss-reactive ketones (excluding diaryl/α,β-unsaturated/α-hetero) is 1. The molecule has 0 aliphatic heterocycles. The largest absolute Gasteiger partial charge is 0.462 e. The molecule has 0 bridgehead atoms. The minimum Gasteiger partial charge on any atom is -0.462 e. The van der Waals surface area contributed by atoms with Gasteiger partial charge in [-0.15, -0.1) is 0 Å². The Morgan fingerprint density at radius 3 is 2.37 bits per heavy atom. The molecule has 4 aliphatic carbocycles. The van der Waals surface area contributed by atoms with Crippen molar-refractivity contribution < 1.29 is 38.2 Å². The van der Waals surface area contributed by atoms with E-state index in [9.17, 15) is 24.0 Å². The average Bonchev–Trinajstić information content (AvgIpc) is 3.04. The summed E-state index contributed by atoms with van der Waals surface area (Å²) in [6, 6.07) is 0. The van der Waals surface area contributed by atoms with Gasteiger partial charge in [0, 0.05) is 37.5 Å². The van der Waals surface area contributed by atoms with Crippen LogP contribution in [0, 0.1) is 28.6 Å². The van der Waals surface area contributed by atoms with Crippen LogP contribution in [0.4, 0.5) is 0 Å². The van der Waals surface area contributed by atoms with Crippen molar-refractivity contribution in [1.82, 2.24) is 0 Å². The Balaban J connectivity index is 1.80. The molecule has 8 nitrogen and oxygen atoms in total. The summed E-state index contributed by atoms with van der Waals surface area (Å²) in [4.78, 5) is 61.6. The molecular formula is C27H34O8. The van der Waals surface area contributed by atoms with Crippen LogP contribution in [0.3, 0.4) is 0 Å². The van der Waals surface area contributed by atoms with E-state index in [1.807, 2.05) is 13.0 Å². The van der Waals surface area contributed by atoms with Crippen LogP contribution >= 0.6 is 0 Å². The number of ether oxygens (including phenoxy) is 3. The van der Waals surface area contributed by atoms with Crippen LogP contribution in [0.1, 0.15) is 66.7 Å². The van der Waals surface area contributed by atoms with Crippen LogP contribution in [-0.4, -0.2) is 47.8 Å². The fourth-order valence-electron chi connectivity index (χ4n) is 7.81. The normalized spacial score (nSPS) is 39.5. The number of esters is 3. The standard InChI is InChI=1S/C27H34O8/c1-15(28)33-14-23(32)27(35-17(3)30)11-9-21-20-7-6-18-12-19(31)8-10-25(18,4)24(20)22(34-16(2)29)13-26(21,27)5/h8,10,12,20-22,24H,6-7,9,11,13-14H2,1-5H3/t20-,21-,22+,24+,25+,26-,27-/m1/s1. The molecule has 190 valence electrons. The second kappa shape index (κ2) is 8.71. The van der Waals surface area contributed by atoms with Crippen molar-refractivity contribution in [3.05, 3.63) is 23.8 Å². The molecule has 4 rings (SSSR count). The summed E-state index contributed by atoms with van der Waals surface area (Å²) in [6.07, 6.45) is 7.50. The predicted molar refractivity (Wildman–Crippen MR) is 124 cm³/mol. The summed E-state index contributed by atoms with van der Waals surface area (Å²) in [6.45, 7) is 7.42. The Kier molecular flexibility index (Phi) is 6.31. The van der Waals surface area contributed by atoms with Gasteiger partial charge in [0.15, 0.2) is 18.0 Å². The molecule has 0 N–H and O–H groups in total. The van der Waals surface area contributed by atoms with E-state index in [-0.39, 0.29) is 23.5 Å². The van der Waals surface area contributed by atoms with E-state index < -0.39 is 52.8 Å². The quantitative estimate of drug-likeness (QED) is 0.430. The number of fused-ring (bicyclic) bond motifs is 5. The molecule has 0 aromatic rings. The third-order valence-corrected chi connectivity index (χ3v) is 9.09. The monoisotopic (exact) mass is 486 g/mol. The second-order valence-corrected chi connectivity index (χ2v) is 11.0. The zero-order chi connectivity index (χ0) is 25.8. The van der Waals surface area contributed by atoms with Gasteiger partial charge in [-0.1, -0.05) is 25.5 Å². The Bertz CT molecular complexity index is 1040. The summed E-state index contributed by atoms with van der Waals surface area (Å²) in [5.74, 6) is -2.05. The minimum absolute atomic E-state index is 0.0179. The Hall–Kier alpha value is -2.77. The van der Waals surface area contributed by atoms with Crippen molar-refractivity contribution in [2.24, 2.45) is 28.6 Å². The van der Waals surface area contributed by atoms with Gasteiger partial charge in [0.2, 0.25) is 5.78 Å². The van der Waals surface area contributed by atoms with E-state index in [0.29, 0.717) is 19.3 Å². The summed E-state index contributed by atoms with van der Waals surface area (Å²) in [5, 5.41) is 0. The van der Waals surface area contributed by atoms with Gasteiger partial charge in [-0.3, -0.25) is 24.0 Å². The molecule has 0 unspecified atom stereocenters. The van der Waals surface area contributed by atoms with Crippen LogP contribution < -0.4 is 0 Å². The summed E-state index contributed by atoms with van der Waals surface area (Å²) >= 11 is 0. The zero-order valence-electron chi connectivity index (χ0n) is 21.1. The van der Waals surface area contributed by atoms with Crippen LogP contribution in [-0.2, 0) is 38.2 Å². The molecule has 35 heavy (non-hydrogen) atoms. The first-order valence-electron chi connectivity index (χ1n) is 12.3. The molecule has 0 radical (unpaired) electrons. The third-order valence-electron chi connectivity index (χ3n) is 9.09. The Morgan fingerprint density at radius 2 is 1.74 bits per heavy atom. The lowest BCUT2D eigenvalue weighted by molar-refractivity contribution is -0.205. The number of carbonyl (C=O) groups excluding carboxylic acids is 5. The zero-order valence-corrected chi connectivity index (χ0v) is 21.1. The molecule has 0 heterocycles. The molecule has 0 amide bonds. The Morgan fingerprint density at radius 1 is 1.03 bits per heavy atom. The van der Waals surface area contributed by atoms with Crippen molar-refractivity contribution in [2.45, 2.75) is 78.4 Å². The van der Waals surface area contributed by atoms with E-state index in [4.69, 9.17) is 14.2 Å². The van der Waals surface area contributed by atoms with Gasteiger partial charge in [-0.25, -0.2) is 0 Å². The fraction of sp³-hybridized carbons (Fsp3) is 0.667. The molecule has 0 aromatic heterocycles. The minimum atomic E-state index is -1.47. The van der Waals surface area contributed by atoms with Crippen molar-refractivity contribution >= 4 is 29.5 Å². The Labute approximate surface area is 205 Å². The third kappa shape index (κ3) is 3.95. The molecule has 4 aliphatic rings. The average molecular weight is 487 g/mol. The van der Waals surface area contributed by atoms with Gasteiger partial charge in [0.05, 0.1) is 0 Å². The number of hydrogen-bond donors (Lipinski definition) is 0. The summed E-state index contributed by atoms with van der Waals surface area (Å²) < 4.78 is 16.8. The highest BCUT2D eigenvalue weighted by Gasteiger charge is 2.71. The van der Waals surface area contributed by atoms with Crippen molar-refractivity contribution in [3.8, 4) is 0 Å². The SMILES string of the molecule is CC(=O)OCC(=O)[C@]1(OC(C)=O)CC[C@@H]2[C@H]3CCC4=CC(=O)C=C[C@]4(C)[C@@H]3[C@@H](OC(C)=O)C[C@]21C.